The van der Waals surface area contributed by atoms with Crippen LogP contribution in [0.1, 0.15) is 65.7 Å². The lowest BCUT2D eigenvalue weighted by Gasteiger charge is -2.13. The minimum atomic E-state index is -1.50. The van der Waals surface area contributed by atoms with Gasteiger partial charge in [0.25, 0.3) is 0 Å². The van der Waals surface area contributed by atoms with E-state index in [0.29, 0.717) is 18.5 Å². The fourth-order valence-corrected chi connectivity index (χ4v) is 2.12. The zero-order valence-corrected chi connectivity index (χ0v) is 19.2. The second kappa shape index (κ2) is 18.9. The molecule has 0 unspecified atom stereocenters. The lowest BCUT2D eigenvalue weighted by atomic mass is 10.1. The normalized spacial score (nSPS) is 13.9. The van der Waals surface area contributed by atoms with Crippen LogP contribution in [0.2, 0.25) is 0 Å². The van der Waals surface area contributed by atoms with Crippen LogP contribution in [0.15, 0.2) is 47.9 Å². The lowest BCUT2D eigenvalue weighted by Crippen LogP contribution is -2.23. The van der Waals surface area contributed by atoms with Crippen molar-refractivity contribution in [2.24, 2.45) is 5.73 Å². The summed E-state index contributed by atoms with van der Waals surface area (Å²) in [4.78, 5) is 10.9. The average Bonchev–Trinajstić information content (AvgIpc) is 2.67. The number of hydrogen-bond acceptors (Lipinski definition) is 7. The molecule has 0 amide bonds. The van der Waals surface area contributed by atoms with E-state index in [1.165, 1.54) is 21.0 Å². The van der Waals surface area contributed by atoms with Gasteiger partial charge in [0.2, 0.25) is 0 Å². The highest BCUT2D eigenvalue weighted by molar-refractivity contribution is 5.69. The van der Waals surface area contributed by atoms with Crippen molar-refractivity contribution < 1.29 is 24.9 Å². The van der Waals surface area contributed by atoms with Gasteiger partial charge in [0.1, 0.15) is 0 Å². The predicted molar refractivity (Wildman–Crippen MR) is 122 cm³/mol. The first-order chi connectivity index (χ1) is 14.1. The number of methoxy groups -OCH3 is 1. The summed E-state index contributed by atoms with van der Waals surface area (Å²) in [5, 5.41) is 29.3. The zero-order chi connectivity index (χ0) is 23.4. The number of hydrogen-bond donors (Lipinski definition) is 5. The van der Waals surface area contributed by atoms with Gasteiger partial charge in [-0.15, -0.1) is 0 Å². The maximum Gasteiger partial charge on any atom is 0.305 e. The molecule has 0 radical (unpaired) electrons. The van der Waals surface area contributed by atoms with Crippen molar-refractivity contribution >= 4 is 5.97 Å². The van der Waals surface area contributed by atoms with Gasteiger partial charge in [-0.3, -0.25) is 4.79 Å². The van der Waals surface area contributed by atoms with Gasteiger partial charge in [-0.1, -0.05) is 37.3 Å². The number of nitrogens with one attached hydrogen (secondary N) is 1. The third-order valence-electron chi connectivity index (χ3n) is 3.64. The molecule has 30 heavy (non-hydrogen) atoms. The second-order valence-corrected chi connectivity index (χ2v) is 7.16. The number of ether oxygens (including phenoxy) is 1. The van der Waals surface area contributed by atoms with E-state index in [1.54, 1.807) is 7.05 Å². The first-order valence-electron chi connectivity index (χ1n) is 10.4. The third-order valence-corrected chi connectivity index (χ3v) is 3.64. The van der Waals surface area contributed by atoms with Gasteiger partial charge in [-0.05, 0) is 58.4 Å². The Morgan fingerprint density at radius 1 is 1.10 bits per heavy atom. The molecule has 7 heteroatoms. The largest absolute Gasteiger partial charge is 0.469 e. The van der Waals surface area contributed by atoms with Crippen LogP contribution in [0.25, 0.3) is 0 Å². The summed E-state index contributed by atoms with van der Waals surface area (Å²) in [5.74, 6) is -1.68. The van der Waals surface area contributed by atoms with Crippen molar-refractivity contribution in [3.05, 3.63) is 47.9 Å². The molecule has 6 N–H and O–H groups in total. The summed E-state index contributed by atoms with van der Waals surface area (Å²) in [6.45, 7) is 4.65. The van der Waals surface area contributed by atoms with Gasteiger partial charge in [-0.25, -0.2) is 0 Å². The molecule has 1 atom stereocenters. The van der Waals surface area contributed by atoms with E-state index >= 15 is 0 Å². The fraction of sp³-hybridized carbons (Fsp3) is 0.609. The number of allylic oxidation sites excluding steroid dienone is 5. The molecule has 0 rings (SSSR count). The van der Waals surface area contributed by atoms with Crippen LogP contribution in [0.3, 0.4) is 0 Å². The second-order valence-electron chi connectivity index (χ2n) is 7.16. The average molecular weight is 427 g/mol. The molecule has 0 saturated carbocycles. The molecule has 7 nitrogen and oxygen atoms in total. The van der Waals surface area contributed by atoms with E-state index in [2.05, 4.69) is 29.1 Å². The number of carbonyl (C=O) groups is 1. The Kier molecular flexibility index (Phi) is 19.0. The van der Waals surface area contributed by atoms with Crippen molar-refractivity contribution in [3.8, 4) is 0 Å². The number of unbranched alkanes of at least 4 members (excludes halogenated alkanes) is 2. The molecule has 0 aliphatic heterocycles. The lowest BCUT2D eigenvalue weighted by molar-refractivity contribution is -0.140. The first kappa shape index (κ1) is 30.1. The maximum absolute atomic E-state index is 10.9. The monoisotopic (exact) mass is 426 g/mol. The first-order valence-corrected chi connectivity index (χ1v) is 10.4. The smallest absolute Gasteiger partial charge is 0.305 e. The highest BCUT2D eigenvalue weighted by Gasteiger charge is 2.08. The van der Waals surface area contributed by atoms with Gasteiger partial charge in [0, 0.05) is 13.5 Å². The number of rotatable bonds is 13. The van der Waals surface area contributed by atoms with Crippen molar-refractivity contribution in [2.75, 3.05) is 14.2 Å². The summed E-state index contributed by atoms with van der Waals surface area (Å²) < 4.78 is 4.58. The van der Waals surface area contributed by atoms with Crippen LogP contribution in [0.4, 0.5) is 0 Å². The summed E-state index contributed by atoms with van der Waals surface area (Å²) in [6.07, 6.45) is 16.9. The van der Waals surface area contributed by atoms with Crippen molar-refractivity contribution in [1.82, 2.24) is 5.32 Å². The predicted octanol–water partition coefficient (Wildman–Crippen LogP) is 3.04. The van der Waals surface area contributed by atoms with Gasteiger partial charge in [-0.2, -0.15) is 0 Å². The summed E-state index contributed by atoms with van der Waals surface area (Å²) in [5.41, 5.74) is 7.23. The van der Waals surface area contributed by atoms with Gasteiger partial charge < -0.3 is 31.1 Å². The standard InChI is InChI=1S/C20H34N2O3.C3H8O2/c1-4-5-11-15-18(23)20(21)17(22-2)14-12-9-7-6-8-10-13-16-19(24)25-3;1-3(2,4)5/h5,8,10-12,14,18,22-23H,4,6-7,9,13,15-16,21H2,1-3H3;4-5H,1-2H3/b10-8-,11-5-,14-12+,20-17-;/t18-;/m0./s1. The van der Waals surface area contributed by atoms with Crippen LogP contribution in [-0.2, 0) is 9.53 Å². The Balaban J connectivity index is 0. The summed E-state index contributed by atoms with van der Waals surface area (Å²) in [7, 11) is 3.20. The molecular formula is C23H42N2O5. The number of likely N-dealkylation sites (N-methyl/N-ethyl adjacent to an activating group) is 1. The Bertz CT molecular complexity index is 554. The fourth-order valence-electron chi connectivity index (χ4n) is 2.12. The molecule has 0 heterocycles. The van der Waals surface area contributed by atoms with E-state index in [9.17, 15) is 9.90 Å². The molecule has 0 fully saturated rings. The van der Waals surface area contributed by atoms with E-state index < -0.39 is 11.9 Å². The molecule has 174 valence electrons. The third kappa shape index (κ3) is 22.2. The van der Waals surface area contributed by atoms with Crippen LogP contribution in [-0.4, -0.2) is 47.3 Å². The number of nitrogens with two attached hydrogens (primary N) is 1. The Morgan fingerprint density at radius 3 is 2.20 bits per heavy atom. The van der Waals surface area contributed by atoms with E-state index in [0.717, 1.165) is 37.8 Å². The van der Waals surface area contributed by atoms with E-state index in [1.807, 2.05) is 24.3 Å². The highest BCUT2D eigenvalue weighted by Crippen LogP contribution is 2.09. The number of aliphatic hydroxyl groups excluding tert-OH is 1. The molecule has 0 aliphatic carbocycles. The molecule has 0 aromatic heterocycles. The van der Waals surface area contributed by atoms with E-state index in [4.69, 9.17) is 15.9 Å². The zero-order valence-electron chi connectivity index (χ0n) is 19.2. The van der Waals surface area contributed by atoms with Gasteiger partial charge in [0.05, 0.1) is 24.6 Å². The minimum Gasteiger partial charge on any atom is -0.469 e. The van der Waals surface area contributed by atoms with Crippen LogP contribution < -0.4 is 11.1 Å². The quantitative estimate of drug-likeness (QED) is 0.101. The van der Waals surface area contributed by atoms with Crippen molar-refractivity contribution in [1.29, 1.82) is 0 Å². The molecule has 0 aromatic rings. The minimum absolute atomic E-state index is 0.177. The molecule has 0 saturated heterocycles. The molecule has 0 aliphatic rings. The molecular weight excluding hydrogens is 384 g/mol. The Morgan fingerprint density at radius 2 is 1.67 bits per heavy atom. The number of esters is 1. The van der Waals surface area contributed by atoms with Gasteiger partial charge in [0.15, 0.2) is 5.79 Å². The summed E-state index contributed by atoms with van der Waals surface area (Å²) in [6, 6.07) is 0. The van der Waals surface area contributed by atoms with Crippen molar-refractivity contribution in [2.45, 2.75) is 77.6 Å². The van der Waals surface area contributed by atoms with E-state index in [-0.39, 0.29) is 5.97 Å². The topological polar surface area (TPSA) is 125 Å². The van der Waals surface area contributed by atoms with Crippen LogP contribution in [0.5, 0.6) is 0 Å². The SMILES string of the molecule is CC(C)(O)O.CC/C=C\C[C@H](O)/C(N)=C(\C=C\CCC/C=C\CCC(=O)OC)NC. The molecule has 0 bridgehead atoms. The summed E-state index contributed by atoms with van der Waals surface area (Å²) >= 11 is 0. The number of aliphatic hydroxyl groups is 3. The van der Waals surface area contributed by atoms with Crippen LogP contribution in [0, 0.1) is 0 Å². The molecule has 0 aromatic carbocycles. The van der Waals surface area contributed by atoms with Crippen molar-refractivity contribution in [3.63, 3.8) is 0 Å². The number of carbonyl (C=O) groups excluding carboxylic acids is 1. The molecule has 0 spiro atoms. The Hall–Kier alpha value is -2.09. The maximum atomic E-state index is 10.9. The highest BCUT2D eigenvalue weighted by atomic mass is 16.5. The van der Waals surface area contributed by atoms with Gasteiger partial charge >= 0.3 is 5.97 Å². The van der Waals surface area contributed by atoms with Crippen LogP contribution >= 0.6 is 0 Å². The Labute approximate surface area is 182 Å².